The highest BCUT2D eigenvalue weighted by atomic mass is 32.2. The molecule has 0 spiro atoms. The second-order valence-electron chi connectivity index (χ2n) is 7.87. The van der Waals surface area contributed by atoms with Crippen molar-refractivity contribution in [2.45, 2.75) is 43.0 Å². The predicted molar refractivity (Wildman–Crippen MR) is 118 cm³/mol. The molecular weight excluding hydrogens is 414 g/mol. The quantitative estimate of drug-likeness (QED) is 0.504. The number of hydrogen-bond donors (Lipinski definition) is 2. The maximum atomic E-state index is 11.9. The smallest absolute Gasteiger partial charge is 0.238 e. The first-order chi connectivity index (χ1) is 14.9. The molecule has 0 atom stereocenters. The number of anilines is 1. The van der Waals surface area contributed by atoms with Gasteiger partial charge in [0, 0.05) is 17.3 Å². The van der Waals surface area contributed by atoms with Gasteiger partial charge in [0.1, 0.15) is 11.8 Å². The van der Waals surface area contributed by atoms with Crippen molar-refractivity contribution in [3.8, 4) is 22.5 Å². The predicted octanol–water partition coefficient (Wildman–Crippen LogP) is 2.99. The topological polar surface area (TPSA) is 134 Å². The van der Waals surface area contributed by atoms with Crippen LogP contribution < -0.4 is 10.9 Å². The Kier molecular flexibility index (Phi) is 4.75. The van der Waals surface area contributed by atoms with E-state index in [1.807, 2.05) is 18.2 Å². The fraction of sp³-hybridized carbons (Fsp3) is 0.286. The molecule has 0 amide bonds. The van der Waals surface area contributed by atoms with Gasteiger partial charge in [-0.1, -0.05) is 31.4 Å². The van der Waals surface area contributed by atoms with Crippen LogP contribution in [0, 0.1) is 0 Å². The number of hydrogen-bond acceptors (Lipinski definition) is 6. The maximum Gasteiger partial charge on any atom is 0.238 e. The number of nitrogens with zero attached hydrogens (tertiary/aromatic N) is 5. The van der Waals surface area contributed by atoms with Crippen LogP contribution in [-0.4, -0.2) is 32.8 Å². The molecule has 1 aliphatic rings. The fourth-order valence-electron chi connectivity index (χ4n) is 4.45. The Morgan fingerprint density at radius 3 is 2.58 bits per heavy atom. The van der Waals surface area contributed by atoms with Gasteiger partial charge in [-0.15, -0.1) is 0 Å². The summed E-state index contributed by atoms with van der Waals surface area (Å²) in [6, 6.07) is 10.8. The standard InChI is InChI=1S/C21H23N7O2S/c22-21-20-17(18-9-10-25-27(18)15-6-2-1-3-7-15)12-19(28(20)26-13-24-21)14-5-4-8-16(11-14)31(23,29)30/h4-5,8-13,15H,1-3,6-7H2,(H2,22,24,26)(H2,23,29,30). The summed E-state index contributed by atoms with van der Waals surface area (Å²) in [5.74, 6) is 0.343. The molecule has 31 heavy (non-hydrogen) atoms. The number of fused-ring (bicyclic) bond motifs is 1. The number of benzene rings is 1. The molecule has 9 nitrogen and oxygen atoms in total. The Balaban J connectivity index is 1.72. The van der Waals surface area contributed by atoms with Crippen LogP contribution >= 0.6 is 0 Å². The summed E-state index contributed by atoms with van der Waals surface area (Å²) < 4.78 is 27.5. The van der Waals surface area contributed by atoms with Crippen LogP contribution in [0.2, 0.25) is 0 Å². The van der Waals surface area contributed by atoms with E-state index in [1.165, 1.54) is 37.7 Å². The van der Waals surface area contributed by atoms with E-state index in [2.05, 4.69) is 19.9 Å². The lowest BCUT2D eigenvalue weighted by atomic mass is 9.95. The third kappa shape index (κ3) is 3.47. The molecule has 5 rings (SSSR count). The first kappa shape index (κ1) is 19.7. The highest BCUT2D eigenvalue weighted by Crippen LogP contribution is 2.38. The van der Waals surface area contributed by atoms with Gasteiger partial charge in [-0.05, 0) is 37.1 Å². The van der Waals surface area contributed by atoms with Gasteiger partial charge in [-0.25, -0.2) is 23.1 Å². The number of aromatic nitrogens is 5. The van der Waals surface area contributed by atoms with Gasteiger partial charge in [-0.2, -0.15) is 10.2 Å². The average Bonchev–Trinajstić information content (AvgIpc) is 3.39. The first-order valence-electron chi connectivity index (χ1n) is 10.2. The van der Waals surface area contributed by atoms with Crippen LogP contribution in [0.25, 0.3) is 28.0 Å². The lowest BCUT2D eigenvalue weighted by molar-refractivity contribution is 0.332. The Bertz CT molecular complexity index is 1370. The molecule has 1 saturated carbocycles. The Labute approximate surface area is 179 Å². The van der Waals surface area contributed by atoms with Crippen molar-refractivity contribution in [1.82, 2.24) is 24.4 Å². The Hall–Kier alpha value is -3.24. The van der Waals surface area contributed by atoms with Crippen molar-refractivity contribution < 1.29 is 8.42 Å². The molecule has 1 fully saturated rings. The largest absolute Gasteiger partial charge is 0.382 e. The molecule has 4 aromatic rings. The molecule has 1 aliphatic carbocycles. The number of nitrogens with two attached hydrogens (primary N) is 2. The van der Waals surface area contributed by atoms with Gasteiger partial charge < -0.3 is 5.73 Å². The summed E-state index contributed by atoms with van der Waals surface area (Å²) >= 11 is 0. The summed E-state index contributed by atoms with van der Waals surface area (Å²) in [6.45, 7) is 0. The number of primary sulfonamides is 1. The minimum absolute atomic E-state index is 0.0378. The van der Waals surface area contributed by atoms with Crippen LogP contribution in [0.15, 0.2) is 53.8 Å². The van der Waals surface area contributed by atoms with Crippen LogP contribution in [0.4, 0.5) is 5.82 Å². The van der Waals surface area contributed by atoms with E-state index in [-0.39, 0.29) is 4.90 Å². The minimum Gasteiger partial charge on any atom is -0.382 e. The molecule has 0 saturated heterocycles. The zero-order chi connectivity index (χ0) is 21.6. The molecule has 3 heterocycles. The van der Waals surface area contributed by atoms with Crippen LogP contribution in [0.1, 0.15) is 38.1 Å². The monoisotopic (exact) mass is 437 g/mol. The number of sulfonamides is 1. The summed E-state index contributed by atoms with van der Waals surface area (Å²) in [4.78, 5) is 4.22. The van der Waals surface area contributed by atoms with Gasteiger partial charge >= 0.3 is 0 Å². The van der Waals surface area contributed by atoms with Crippen LogP contribution in [0.5, 0.6) is 0 Å². The molecule has 1 aromatic carbocycles. The van der Waals surface area contributed by atoms with Crippen LogP contribution in [0.3, 0.4) is 0 Å². The van der Waals surface area contributed by atoms with Gasteiger partial charge in [-0.3, -0.25) is 4.68 Å². The number of rotatable bonds is 4. The second-order valence-corrected chi connectivity index (χ2v) is 9.44. The van der Waals surface area contributed by atoms with E-state index in [1.54, 1.807) is 16.8 Å². The maximum absolute atomic E-state index is 11.9. The van der Waals surface area contributed by atoms with Gasteiger partial charge in [0.15, 0.2) is 5.82 Å². The zero-order valence-corrected chi connectivity index (χ0v) is 17.7. The lowest BCUT2D eigenvalue weighted by Gasteiger charge is -2.23. The van der Waals surface area contributed by atoms with E-state index in [9.17, 15) is 8.42 Å². The van der Waals surface area contributed by atoms with E-state index in [4.69, 9.17) is 10.9 Å². The summed E-state index contributed by atoms with van der Waals surface area (Å²) in [5, 5.41) is 14.3. The molecule has 0 radical (unpaired) electrons. The highest BCUT2D eigenvalue weighted by Gasteiger charge is 2.23. The normalized spacial score (nSPS) is 15.5. The second kappa shape index (κ2) is 7.47. The highest BCUT2D eigenvalue weighted by molar-refractivity contribution is 7.89. The molecule has 0 unspecified atom stereocenters. The molecule has 0 aliphatic heterocycles. The third-order valence-electron chi connectivity index (χ3n) is 5.91. The summed E-state index contributed by atoms with van der Waals surface area (Å²) in [5.41, 5.74) is 10.1. The lowest BCUT2D eigenvalue weighted by Crippen LogP contribution is -2.15. The SMILES string of the molecule is Nc1ncnn2c(-c3cccc(S(N)(=O)=O)c3)cc(-c3ccnn3C3CCCCC3)c12. The van der Waals surface area contributed by atoms with Gasteiger partial charge in [0.25, 0.3) is 0 Å². The molecule has 0 bridgehead atoms. The van der Waals surface area contributed by atoms with Gasteiger partial charge in [0.05, 0.1) is 22.3 Å². The fourth-order valence-corrected chi connectivity index (χ4v) is 5.00. The molecule has 3 aromatic heterocycles. The van der Waals surface area contributed by atoms with E-state index < -0.39 is 10.0 Å². The molecular formula is C21H23N7O2S. The summed E-state index contributed by atoms with van der Waals surface area (Å²) in [7, 11) is -3.83. The number of nitrogen functional groups attached to an aromatic ring is 1. The van der Waals surface area contributed by atoms with E-state index >= 15 is 0 Å². The van der Waals surface area contributed by atoms with Crippen molar-refractivity contribution in [2.75, 3.05) is 5.73 Å². The summed E-state index contributed by atoms with van der Waals surface area (Å²) in [6.07, 6.45) is 9.01. The van der Waals surface area contributed by atoms with Crippen LogP contribution in [-0.2, 0) is 10.0 Å². The molecule has 4 N–H and O–H groups in total. The van der Waals surface area contributed by atoms with Gasteiger partial charge in [0.2, 0.25) is 10.0 Å². The average molecular weight is 438 g/mol. The van der Waals surface area contributed by atoms with E-state index in [0.29, 0.717) is 28.6 Å². The first-order valence-corrected chi connectivity index (χ1v) is 11.8. The third-order valence-corrected chi connectivity index (χ3v) is 6.82. The van der Waals surface area contributed by atoms with Crippen molar-refractivity contribution in [2.24, 2.45) is 5.14 Å². The molecule has 160 valence electrons. The Morgan fingerprint density at radius 2 is 1.81 bits per heavy atom. The zero-order valence-electron chi connectivity index (χ0n) is 16.8. The minimum atomic E-state index is -3.83. The van der Waals surface area contributed by atoms with Crippen molar-refractivity contribution >= 4 is 21.4 Å². The van der Waals surface area contributed by atoms with Crippen molar-refractivity contribution in [3.63, 3.8) is 0 Å². The Morgan fingerprint density at radius 1 is 1.00 bits per heavy atom. The molecule has 10 heteroatoms. The van der Waals surface area contributed by atoms with Crippen molar-refractivity contribution in [1.29, 1.82) is 0 Å². The van der Waals surface area contributed by atoms with E-state index in [0.717, 1.165) is 24.1 Å². The van der Waals surface area contributed by atoms with Crippen molar-refractivity contribution in [3.05, 3.63) is 48.9 Å².